The lowest BCUT2D eigenvalue weighted by Gasteiger charge is -2.32. The maximum atomic E-state index is 9.95. The summed E-state index contributed by atoms with van der Waals surface area (Å²) >= 11 is 1.77. The highest BCUT2D eigenvalue weighted by Crippen LogP contribution is 2.56. The minimum Gasteiger partial charge on any atom is -0.310 e. The molecule has 3 heteroatoms. The van der Waals surface area contributed by atoms with Crippen molar-refractivity contribution < 1.29 is 0 Å². The van der Waals surface area contributed by atoms with Crippen LogP contribution in [-0.4, -0.2) is 0 Å². The largest absolute Gasteiger partial charge is 0.310 e. The van der Waals surface area contributed by atoms with Crippen molar-refractivity contribution >= 4 is 48.6 Å². The van der Waals surface area contributed by atoms with Crippen LogP contribution in [0.3, 0.4) is 0 Å². The minimum atomic E-state index is -0.241. The van der Waals surface area contributed by atoms with E-state index >= 15 is 0 Å². The fourth-order valence-electron chi connectivity index (χ4n) is 9.66. The molecule has 0 fully saturated rings. The van der Waals surface area contributed by atoms with Crippen molar-refractivity contribution in [3.63, 3.8) is 0 Å². The van der Waals surface area contributed by atoms with Gasteiger partial charge in [0.1, 0.15) is 0 Å². The second-order valence-electron chi connectivity index (χ2n) is 16.4. The van der Waals surface area contributed by atoms with E-state index in [1.54, 1.807) is 11.3 Å². The Balaban J connectivity index is 1.26. The maximum Gasteiger partial charge on any atom is 0.0991 e. The quantitative estimate of drug-likeness (QED) is 0.161. The molecule has 9 aromatic carbocycles. The van der Waals surface area contributed by atoms with Crippen LogP contribution in [0.1, 0.15) is 30.5 Å². The first kappa shape index (κ1) is 36.6. The molecule has 11 rings (SSSR count). The Kier molecular flexibility index (Phi) is 8.78. The van der Waals surface area contributed by atoms with Crippen molar-refractivity contribution in [1.82, 2.24) is 0 Å². The van der Waals surface area contributed by atoms with Gasteiger partial charge in [-0.05, 0) is 122 Å². The van der Waals surface area contributed by atoms with E-state index in [0.717, 1.165) is 55.7 Å². The molecule has 1 aliphatic carbocycles. The zero-order valence-corrected chi connectivity index (χ0v) is 34.7. The number of anilines is 3. The third kappa shape index (κ3) is 6.15. The standard InChI is InChI=1S/C58H40N2S/c1-58(2)52-26-13-12-22-47(52)48-24-14-25-49(57(48)58)56-46(41-20-10-5-11-21-41)23-15-27-53(56)60(44-29-31-55-51(36-44)50-32-38(37-59)28-30-54(50)61-55)45-34-42(39-16-6-3-7-17-39)33-43(35-45)40-18-8-4-9-19-40/h3-36H,1-2H3. The van der Waals surface area contributed by atoms with Crippen molar-refractivity contribution in [3.05, 3.63) is 223 Å². The van der Waals surface area contributed by atoms with Crippen LogP contribution in [-0.2, 0) is 5.41 Å². The predicted octanol–water partition coefficient (Wildman–Crippen LogP) is 16.4. The van der Waals surface area contributed by atoms with Gasteiger partial charge in [-0.15, -0.1) is 11.3 Å². The van der Waals surface area contributed by atoms with Crippen molar-refractivity contribution in [2.24, 2.45) is 0 Å². The Morgan fingerprint density at radius 3 is 1.69 bits per heavy atom. The first-order chi connectivity index (χ1) is 30.0. The third-order valence-electron chi connectivity index (χ3n) is 12.4. The van der Waals surface area contributed by atoms with Crippen LogP contribution in [0.4, 0.5) is 17.1 Å². The number of rotatable bonds is 7. The van der Waals surface area contributed by atoms with Crippen LogP contribution in [0.2, 0.25) is 0 Å². The van der Waals surface area contributed by atoms with Gasteiger partial charge >= 0.3 is 0 Å². The summed E-state index contributed by atoms with van der Waals surface area (Å²) in [5, 5.41) is 12.2. The fraction of sp³-hybridized carbons (Fsp3) is 0.0517. The normalized spacial score (nSPS) is 12.5. The van der Waals surface area contributed by atoms with Gasteiger partial charge in [-0.3, -0.25) is 0 Å². The molecule has 1 aliphatic rings. The first-order valence-electron chi connectivity index (χ1n) is 20.8. The van der Waals surface area contributed by atoms with Crippen LogP contribution < -0.4 is 4.90 Å². The van der Waals surface area contributed by atoms with Gasteiger partial charge in [0.15, 0.2) is 0 Å². The molecule has 2 nitrogen and oxygen atoms in total. The summed E-state index contributed by atoms with van der Waals surface area (Å²) in [4.78, 5) is 2.48. The summed E-state index contributed by atoms with van der Waals surface area (Å²) in [6.45, 7) is 4.76. The maximum absolute atomic E-state index is 9.95. The van der Waals surface area contributed by atoms with Crippen LogP contribution in [0.15, 0.2) is 206 Å². The summed E-state index contributed by atoms with van der Waals surface area (Å²) in [6, 6.07) is 77.1. The van der Waals surface area contributed by atoms with Crippen molar-refractivity contribution in [3.8, 4) is 61.7 Å². The highest BCUT2D eigenvalue weighted by Gasteiger charge is 2.38. The van der Waals surface area contributed by atoms with Gasteiger partial charge < -0.3 is 4.90 Å². The number of fused-ring (bicyclic) bond motifs is 6. The Hall–Kier alpha value is -7.51. The molecule has 1 heterocycles. The smallest absolute Gasteiger partial charge is 0.0991 e. The Bertz CT molecular complexity index is 3280. The van der Waals surface area contributed by atoms with Crippen LogP contribution in [0, 0.1) is 11.3 Å². The Morgan fingerprint density at radius 2 is 1.00 bits per heavy atom. The van der Waals surface area contributed by atoms with E-state index in [2.05, 4.69) is 219 Å². The second kappa shape index (κ2) is 14.6. The molecule has 1 aromatic heterocycles. The van der Waals surface area contributed by atoms with Gasteiger partial charge in [-0.2, -0.15) is 5.26 Å². The van der Waals surface area contributed by atoms with E-state index in [1.807, 2.05) is 12.1 Å². The van der Waals surface area contributed by atoms with E-state index in [9.17, 15) is 5.26 Å². The van der Waals surface area contributed by atoms with Crippen molar-refractivity contribution in [2.75, 3.05) is 4.90 Å². The average molecular weight is 797 g/mol. The molecule has 10 aromatic rings. The topological polar surface area (TPSA) is 27.0 Å². The molecule has 0 spiro atoms. The van der Waals surface area contributed by atoms with Gasteiger partial charge in [0.05, 0.1) is 17.3 Å². The molecule has 0 saturated carbocycles. The number of benzene rings is 9. The molecule has 0 radical (unpaired) electrons. The molecule has 0 unspecified atom stereocenters. The summed E-state index contributed by atoms with van der Waals surface area (Å²) in [6.07, 6.45) is 0. The highest BCUT2D eigenvalue weighted by atomic mass is 32.1. The molecular weight excluding hydrogens is 757 g/mol. The van der Waals surface area contributed by atoms with Gasteiger partial charge in [-0.25, -0.2) is 0 Å². The lowest BCUT2D eigenvalue weighted by molar-refractivity contribution is 0.662. The van der Waals surface area contributed by atoms with E-state index in [-0.39, 0.29) is 5.41 Å². The molecule has 0 atom stereocenters. The summed E-state index contributed by atoms with van der Waals surface area (Å²) in [5.74, 6) is 0. The minimum absolute atomic E-state index is 0.241. The van der Waals surface area contributed by atoms with Crippen molar-refractivity contribution in [1.29, 1.82) is 5.26 Å². The third-order valence-corrected chi connectivity index (χ3v) is 13.6. The van der Waals surface area contributed by atoms with Gasteiger partial charge in [0.25, 0.3) is 0 Å². The van der Waals surface area contributed by atoms with E-state index in [0.29, 0.717) is 5.56 Å². The van der Waals surface area contributed by atoms with Crippen LogP contribution >= 0.6 is 11.3 Å². The lowest BCUT2D eigenvalue weighted by atomic mass is 9.77. The van der Waals surface area contributed by atoms with Gasteiger partial charge in [0, 0.05) is 42.5 Å². The second-order valence-corrected chi connectivity index (χ2v) is 17.5. The summed E-state index contributed by atoms with van der Waals surface area (Å²) in [7, 11) is 0. The molecule has 61 heavy (non-hydrogen) atoms. The summed E-state index contributed by atoms with van der Waals surface area (Å²) in [5.41, 5.74) is 18.2. The molecule has 0 bridgehead atoms. The molecular formula is C58H40N2S. The van der Waals surface area contributed by atoms with Gasteiger partial charge in [-0.1, -0.05) is 159 Å². The fourth-order valence-corrected chi connectivity index (χ4v) is 10.7. The lowest BCUT2D eigenvalue weighted by Crippen LogP contribution is -2.17. The predicted molar refractivity (Wildman–Crippen MR) is 258 cm³/mol. The number of nitriles is 1. The Labute approximate surface area is 360 Å². The van der Waals surface area contributed by atoms with E-state index in [4.69, 9.17) is 0 Å². The number of nitrogens with zero attached hydrogens (tertiary/aromatic N) is 2. The van der Waals surface area contributed by atoms with Gasteiger partial charge in [0.2, 0.25) is 0 Å². The van der Waals surface area contributed by atoms with Crippen LogP contribution in [0.5, 0.6) is 0 Å². The zero-order valence-electron chi connectivity index (χ0n) is 33.9. The van der Waals surface area contributed by atoms with Crippen molar-refractivity contribution in [2.45, 2.75) is 19.3 Å². The molecule has 0 N–H and O–H groups in total. The van der Waals surface area contributed by atoms with Crippen LogP contribution in [0.25, 0.3) is 75.8 Å². The van der Waals surface area contributed by atoms with E-state index in [1.165, 1.54) is 48.3 Å². The first-order valence-corrected chi connectivity index (χ1v) is 21.6. The zero-order chi connectivity index (χ0) is 41.1. The van der Waals surface area contributed by atoms with E-state index < -0.39 is 0 Å². The number of hydrogen-bond acceptors (Lipinski definition) is 3. The molecule has 288 valence electrons. The summed E-state index contributed by atoms with van der Waals surface area (Å²) < 4.78 is 2.36. The SMILES string of the molecule is CC1(C)c2ccccc2-c2cccc(-c3c(-c4ccccc4)cccc3N(c3cc(-c4ccccc4)cc(-c4ccccc4)c3)c3ccc4sc5ccc(C#N)cc5c4c3)c21. The number of hydrogen-bond donors (Lipinski definition) is 0. The molecule has 0 saturated heterocycles. The Morgan fingerprint density at radius 1 is 0.443 bits per heavy atom. The molecule has 0 amide bonds. The molecule has 0 aliphatic heterocycles. The average Bonchev–Trinajstić information content (AvgIpc) is 3.80. The number of thiophene rings is 1. The monoisotopic (exact) mass is 796 g/mol. The highest BCUT2D eigenvalue weighted by molar-refractivity contribution is 7.25.